The number of fused-ring (bicyclic) bond motifs is 1. The maximum absolute atomic E-state index is 13.8. The highest BCUT2D eigenvalue weighted by Crippen LogP contribution is 2.37. The number of aromatic nitrogens is 1. The number of para-hydroxylation sites is 1. The van der Waals surface area contributed by atoms with E-state index >= 15 is 0 Å². The Labute approximate surface area is 178 Å². The Bertz CT molecular complexity index is 1100. The van der Waals surface area contributed by atoms with Gasteiger partial charge in [0.15, 0.2) is 0 Å². The standard InChI is InChI=1S/C23H25F3N4O/c1-15-18(17-5-3-4-6-20(17)27-15)14-22(31)28-21-8-7-16(13-19(21)23(24,25)26)30-11-9-29(2)10-12-30/h3-8,13,27H,9-12,14H2,1-2H3,(H,28,31). The molecule has 31 heavy (non-hydrogen) atoms. The number of carbonyl (C=O) groups excluding carboxylic acids is 1. The van der Waals surface area contributed by atoms with Crippen molar-refractivity contribution in [3.63, 3.8) is 0 Å². The fourth-order valence-electron chi connectivity index (χ4n) is 4.05. The third kappa shape index (κ3) is 4.54. The first-order valence-electron chi connectivity index (χ1n) is 10.2. The van der Waals surface area contributed by atoms with Gasteiger partial charge in [0.1, 0.15) is 0 Å². The number of alkyl halides is 3. The Morgan fingerprint density at radius 2 is 1.81 bits per heavy atom. The van der Waals surface area contributed by atoms with E-state index in [0.717, 1.165) is 41.3 Å². The lowest BCUT2D eigenvalue weighted by Crippen LogP contribution is -2.44. The van der Waals surface area contributed by atoms with Crippen molar-refractivity contribution in [2.24, 2.45) is 0 Å². The predicted octanol–water partition coefficient (Wildman–Crippen LogP) is 4.43. The summed E-state index contributed by atoms with van der Waals surface area (Å²) in [7, 11) is 1.99. The van der Waals surface area contributed by atoms with Crippen molar-refractivity contribution in [2.75, 3.05) is 43.4 Å². The van der Waals surface area contributed by atoms with Crippen LogP contribution in [0.2, 0.25) is 0 Å². The molecule has 1 saturated heterocycles. The first-order chi connectivity index (χ1) is 14.7. The molecule has 0 radical (unpaired) electrons. The molecule has 0 saturated carbocycles. The van der Waals surface area contributed by atoms with Crippen LogP contribution in [0.5, 0.6) is 0 Å². The molecule has 5 nitrogen and oxygen atoms in total. The average Bonchev–Trinajstić information content (AvgIpc) is 3.03. The largest absolute Gasteiger partial charge is 0.418 e. The Balaban J connectivity index is 1.57. The van der Waals surface area contributed by atoms with Crippen LogP contribution in [0.4, 0.5) is 24.5 Å². The number of H-pyrrole nitrogens is 1. The van der Waals surface area contributed by atoms with Gasteiger partial charge in [0.2, 0.25) is 5.91 Å². The summed E-state index contributed by atoms with van der Waals surface area (Å²) in [5, 5.41) is 3.38. The molecule has 0 aliphatic carbocycles. The van der Waals surface area contributed by atoms with Gasteiger partial charge in [-0.25, -0.2) is 0 Å². The number of nitrogens with zero attached hydrogens (tertiary/aromatic N) is 2. The summed E-state index contributed by atoms with van der Waals surface area (Å²) in [4.78, 5) is 20.0. The first kappa shape index (κ1) is 21.2. The Morgan fingerprint density at radius 1 is 1.10 bits per heavy atom. The van der Waals surface area contributed by atoms with Crippen molar-refractivity contribution < 1.29 is 18.0 Å². The fraction of sp³-hybridized carbons (Fsp3) is 0.348. The summed E-state index contributed by atoms with van der Waals surface area (Å²) in [5.74, 6) is -0.481. The number of hydrogen-bond acceptors (Lipinski definition) is 3. The zero-order chi connectivity index (χ0) is 22.2. The highest BCUT2D eigenvalue weighted by atomic mass is 19.4. The normalized spacial score (nSPS) is 15.5. The second-order valence-corrected chi connectivity index (χ2v) is 8.02. The average molecular weight is 430 g/mol. The molecule has 0 bridgehead atoms. The Hall–Kier alpha value is -3.00. The number of benzene rings is 2. The summed E-state index contributed by atoms with van der Waals surface area (Å²) >= 11 is 0. The summed E-state index contributed by atoms with van der Waals surface area (Å²) < 4.78 is 41.3. The third-order valence-corrected chi connectivity index (χ3v) is 5.82. The number of amides is 1. The third-order valence-electron chi connectivity index (χ3n) is 5.82. The Morgan fingerprint density at radius 3 is 2.52 bits per heavy atom. The highest BCUT2D eigenvalue weighted by molar-refractivity contribution is 5.97. The Kier molecular flexibility index (Phi) is 5.66. The zero-order valence-electron chi connectivity index (χ0n) is 17.5. The van der Waals surface area contributed by atoms with Crippen LogP contribution < -0.4 is 10.2 Å². The molecular formula is C23H25F3N4O. The molecule has 8 heteroatoms. The van der Waals surface area contributed by atoms with Crippen LogP contribution in [0, 0.1) is 6.92 Å². The molecule has 1 amide bonds. The topological polar surface area (TPSA) is 51.4 Å². The second kappa shape index (κ2) is 8.26. The van der Waals surface area contributed by atoms with Gasteiger partial charge in [0, 0.05) is 48.5 Å². The van der Waals surface area contributed by atoms with E-state index in [1.165, 1.54) is 6.07 Å². The summed E-state index contributed by atoms with van der Waals surface area (Å²) in [6.45, 7) is 4.78. The van der Waals surface area contributed by atoms with Gasteiger partial charge < -0.3 is 20.1 Å². The molecule has 2 N–H and O–H groups in total. The van der Waals surface area contributed by atoms with E-state index < -0.39 is 17.6 Å². The van der Waals surface area contributed by atoms with E-state index in [-0.39, 0.29) is 12.1 Å². The van der Waals surface area contributed by atoms with Gasteiger partial charge in [-0.3, -0.25) is 4.79 Å². The lowest BCUT2D eigenvalue weighted by molar-refractivity contribution is -0.136. The number of rotatable bonds is 4. The number of carbonyl (C=O) groups is 1. The van der Waals surface area contributed by atoms with Crippen LogP contribution in [0.1, 0.15) is 16.8 Å². The molecule has 2 heterocycles. The van der Waals surface area contributed by atoms with E-state index in [2.05, 4.69) is 15.2 Å². The predicted molar refractivity (Wildman–Crippen MR) is 117 cm³/mol. The summed E-state index contributed by atoms with van der Waals surface area (Å²) in [6.07, 6.45) is -4.57. The fourth-order valence-corrected chi connectivity index (χ4v) is 4.05. The molecule has 3 aromatic rings. The number of likely N-dealkylation sites (N-methyl/N-ethyl adjacent to an activating group) is 1. The highest BCUT2D eigenvalue weighted by Gasteiger charge is 2.35. The lowest BCUT2D eigenvalue weighted by atomic mass is 10.1. The maximum atomic E-state index is 13.8. The van der Waals surface area contributed by atoms with Gasteiger partial charge in [-0.1, -0.05) is 18.2 Å². The van der Waals surface area contributed by atoms with Crippen LogP contribution >= 0.6 is 0 Å². The van der Waals surface area contributed by atoms with E-state index in [4.69, 9.17) is 0 Å². The summed E-state index contributed by atoms with van der Waals surface area (Å²) in [5.41, 5.74) is 2.00. The molecule has 0 spiro atoms. The number of hydrogen-bond donors (Lipinski definition) is 2. The van der Waals surface area contributed by atoms with Crippen LogP contribution in [-0.4, -0.2) is 49.0 Å². The van der Waals surface area contributed by atoms with E-state index in [1.807, 2.05) is 43.1 Å². The molecule has 164 valence electrons. The van der Waals surface area contributed by atoms with Crippen molar-refractivity contribution >= 4 is 28.2 Å². The van der Waals surface area contributed by atoms with E-state index in [0.29, 0.717) is 18.8 Å². The van der Waals surface area contributed by atoms with Gasteiger partial charge in [-0.2, -0.15) is 13.2 Å². The molecule has 4 rings (SSSR count). The zero-order valence-corrected chi connectivity index (χ0v) is 17.5. The SMILES string of the molecule is Cc1[nH]c2ccccc2c1CC(=O)Nc1ccc(N2CCN(C)CC2)cc1C(F)(F)F. The van der Waals surface area contributed by atoms with Crippen LogP contribution in [0.15, 0.2) is 42.5 Å². The second-order valence-electron chi connectivity index (χ2n) is 8.02. The van der Waals surface area contributed by atoms with Crippen molar-refractivity contribution in [1.82, 2.24) is 9.88 Å². The summed E-state index contributed by atoms with van der Waals surface area (Å²) in [6, 6.07) is 11.7. The van der Waals surface area contributed by atoms with Gasteiger partial charge in [0.05, 0.1) is 17.7 Å². The number of nitrogens with one attached hydrogen (secondary N) is 2. The molecule has 0 unspecified atom stereocenters. The molecule has 1 aliphatic rings. The minimum atomic E-state index is -4.57. The maximum Gasteiger partial charge on any atom is 0.418 e. The molecule has 2 aromatic carbocycles. The van der Waals surface area contributed by atoms with Gasteiger partial charge in [-0.15, -0.1) is 0 Å². The van der Waals surface area contributed by atoms with Gasteiger partial charge in [-0.05, 0) is 43.8 Å². The molecular weight excluding hydrogens is 405 g/mol. The number of anilines is 2. The molecule has 1 aromatic heterocycles. The monoisotopic (exact) mass is 430 g/mol. The smallest absolute Gasteiger partial charge is 0.369 e. The minimum Gasteiger partial charge on any atom is -0.369 e. The van der Waals surface area contributed by atoms with Crippen molar-refractivity contribution in [3.8, 4) is 0 Å². The molecule has 0 atom stereocenters. The first-order valence-corrected chi connectivity index (χ1v) is 10.2. The number of aromatic amines is 1. The van der Waals surface area contributed by atoms with Crippen molar-refractivity contribution in [1.29, 1.82) is 0 Å². The number of piperazine rings is 1. The molecule has 1 aliphatic heterocycles. The molecule has 1 fully saturated rings. The van der Waals surface area contributed by atoms with Crippen LogP contribution in [0.25, 0.3) is 10.9 Å². The van der Waals surface area contributed by atoms with E-state index in [9.17, 15) is 18.0 Å². The number of halogens is 3. The van der Waals surface area contributed by atoms with Crippen LogP contribution in [-0.2, 0) is 17.4 Å². The quantitative estimate of drug-likeness (QED) is 0.644. The van der Waals surface area contributed by atoms with E-state index in [1.54, 1.807) is 6.07 Å². The van der Waals surface area contributed by atoms with Crippen LogP contribution in [0.3, 0.4) is 0 Å². The lowest BCUT2D eigenvalue weighted by Gasteiger charge is -2.34. The minimum absolute atomic E-state index is 0.00659. The van der Waals surface area contributed by atoms with Crippen molar-refractivity contribution in [3.05, 3.63) is 59.3 Å². The van der Waals surface area contributed by atoms with Gasteiger partial charge in [0.25, 0.3) is 0 Å². The van der Waals surface area contributed by atoms with Gasteiger partial charge >= 0.3 is 6.18 Å². The number of aryl methyl sites for hydroxylation is 1. The van der Waals surface area contributed by atoms with Crippen molar-refractivity contribution in [2.45, 2.75) is 19.5 Å².